The molecule has 1 aliphatic heterocycles. The van der Waals surface area contributed by atoms with Crippen molar-refractivity contribution in [1.29, 1.82) is 0 Å². The highest BCUT2D eigenvalue weighted by atomic mass is 32.1. The highest BCUT2D eigenvalue weighted by Crippen LogP contribution is 2.27. The number of amides is 3. The molecule has 0 spiro atoms. The molecule has 156 valence electrons. The van der Waals surface area contributed by atoms with Gasteiger partial charge in [-0.2, -0.15) is 0 Å². The Kier molecular flexibility index (Phi) is 6.73. The van der Waals surface area contributed by atoms with Crippen molar-refractivity contribution in [3.8, 4) is 0 Å². The summed E-state index contributed by atoms with van der Waals surface area (Å²) in [6.07, 6.45) is -0.139. The Labute approximate surface area is 178 Å². The van der Waals surface area contributed by atoms with E-state index >= 15 is 0 Å². The van der Waals surface area contributed by atoms with Crippen molar-refractivity contribution in [2.45, 2.75) is 19.4 Å². The molecule has 1 aliphatic rings. The number of anilines is 2. The second kappa shape index (κ2) is 9.45. The molecule has 1 heterocycles. The molecule has 9 heteroatoms. The smallest absolute Gasteiger partial charge is 0.256 e. The third kappa shape index (κ3) is 4.98. The third-order valence-electron chi connectivity index (χ3n) is 4.57. The number of rotatable bonds is 7. The van der Waals surface area contributed by atoms with Crippen LogP contribution in [0.25, 0.3) is 0 Å². The molecule has 2 N–H and O–H groups in total. The molecule has 0 aromatic heterocycles. The fourth-order valence-electron chi connectivity index (χ4n) is 3.18. The van der Waals surface area contributed by atoms with Crippen LogP contribution in [0.3, 0.4) is 0 Å². The van der Waals surface area contributed by atoms with Gasteiger partial charge < -0.3 is 15.5 Å². The van der Waals surface area contributed by atoms with Gasteiger partial charge in [0, 0.05) is 25.7 Å². The van der Waals surface area contributed by atoms with Gasteiger partial charge in [0.25, 0.3) is 5.91 Å². The van der Waals surface area contributed by atoms with E-state index in [4.69, 9.17) is 12.2 Å². The van der Waals surface area contributed by atoms with E-state index in [-0.39, 0.29) is 36.4 Å². The van der Waals surface area contributed by atoms with Crippen LogP contribution in [0.5, 0.6) is 0 Å². The molecule has 2 aromatic carbocycles. The average molecular weight is 428 g/mol. The topological polar surface area (TPSA) is 81.8 Å². The summed E-state index contributed by atoms with van der Waals surface area (Å²) in [7, 11) is 0. The summed E-state index contributed by atoms with van der Waals surface area (Å²) in [4.78, 5) is 39.9. The van der Waals surface area contributed by atoms with Crippen molar-refractivity contribution in [1.82, 2.24) is 10.2 Å². The first kappa shape index (κ1) is 21.4. The summed E-state index contributed by atoms with van der Waals surface area (Å²) >= 11 is 5.52. The molecular weight excluding hydrogens is 407 g/mol. The Morgan fingerprint density at radius 1 is 1.10 bits per heavy atom. The molecule has 30 heavy (non-hydrogen) atoms. The van der Waals surface area contributed by atoms with Crippen LogP contribution in [-0.2, 0) is 14.4 Å². The summed E-state index contributed by atoms with van der Waals surface area (Å²) in [5.41, 5.74) is 1.04. The van der Waals surface area contributed by atoms with E-state index in [9.17, 15) is 18.8 Å². The molecule has 0 radical (unpaired) electrons. The molecule has 3 amide bonds. The summed E-state index contributed by atoms with van der Waals surface area (Å²) in [6, 6.07) is 13.5. The fourth-order valence-corrected chi connectivity index (χ4v) is 3.59. The van der Waals surface area contributed by atoms with Gasteiger partial charge in [0.05, 0.1) is 12.1 Å². The summed E-state index contributed by atoms with van der Waals surface area (Å²) in [5, 5.41) is 5.61. The summed E-state index contributed by atoms with van der Waals surface area (Å²) < 4.78 is 13.1. The molecule has 7 nitrogen and oxygen atoms in total. The molecule has 3 rings (SSSR count). The van der Waals surface area contributed by atoms with E-state index in [1.165, 1.54) is 36.1 Å². The summed E-state index contributed by atoms with van der Waals surface area (Å²) in [6.45, 7) is 1.96. The van der Waals surface area contributed by atoms with Crippen LogP contribution in [0, 0.1) is 5.82 Å². The normalized spacial score (nSPS) is 16.0. The lowest BCUT2D eigenvalue weighted by atomic mass is 10.1. The predicted molar refractivity (Wildman–Crippen MR) is 115 cm³/mol. The average Bonchev–Trinajstić information content (AvgIpc) is 2.94. The second-order valence-electron chi connectivity index (χ2n) is 6.74. The molecule has 1 fully saturated rings. The van der Waals surface area contributed by atoms with Crippen LogP contribution in [0.1, 0.15) is 13.3 Å². The van der Waals surface area contributed by atoms with Gasteiger partial charge in [-0.1, -0.05) is 18.2 Å². The summed E-state index contributed by atoms with van der Waals surface area (Å²) in [5.74, 6) is -1.32. The van der Waals surface area contributed by atoms with Crippen molar-refractivity contribution < 1.29 is 18.8 Å². The molecule has 0 bridgehead atoms. The minimum atomic E-state index is -0.813. The largest absolute Gasteiger partial charge is 0.355 e. The molecule has 1 atom stereocenters. The van der Waals surface area contributed by atoms with E-state index in [0.29, 0.717) is 11.4 Å². The maximum Gasteiger partial charge on any atom is 0.256 e. The maximum absolute atomic E-state index is 13.1. The lowest BCUT2D eigenvalue weighted by molar-refractivity contribution is -0.124. The lowest BCUT2D eigenvalue weighted by Crippen LogP contribution is -2.42. The van der Waals surface area contributed by atoms with Gasteiger partial charge in [0.15, 0.2) is 5.11 Å². The van der Waals surface area contributed by atoms with E-state index in [1.807, 2.05) is 6.07 Å². The Morgan fingerprint density at radius 2 is 1.77 bits per heavy atom. The van der Waals surface area contributed by atoms with Crippen LogP contribution in [-0.4, -0.2) is 46.9 Å². The minimum Gasteiger partial charge on any atom is -0.355 e. The van der Waals surface area contributed by atoms with Crippen LogP contribution in [0.15, 0.2) is 54.6 Å². The predicted octanol–water partition coefficient (Wildman–Crippen LogP) is 2.29. The van der Waals surface area contributed by atoms with Gasteiger partial charge in [-0.25, -0.2) is 4.39 Å². The Morgan fingerprint density at radius 3 is 2.40 bits per heavy atom. The van der Waals surface area contributed by atoms with E-state index < -0.39 is 17.8 Å². The van der Waals surface area contributed by atoms with Crippen LogP contribution < -0.4 is 15.5 Å². The van der Waals surface area contributed by atoms with Crippen molar-refractivity contribution in [3.63, 3.8) is 0 Å². The highest BCUT2D eigenvalue weighted by molar-refractivity contribution is 7.80. The third-order valence-corrected chi connectivity index (χ3v) is 4.98. The van der Waals surface area contributed by atoms with Gasteiger partial charge in [0.2, 0.25) is 11.8 Å². The molecule has 0 aliphatic carbocycles. The van der Waals surface area contributed by atoms with E-state index in [1.54, 1.807) is 29.2 Å². The molecular formula is C21H21FN4O3S. The first-order chi connectivity index (χ1) is 14.4. The number of hydrogen-bond acceptors (Lipinski definition) is 4. The van der Waals surface area contributed by atoms with Gasteiger partial charge in [-0.15, -0.1) is 0 Å². The lowest BCUT2D eigenvalue weighted by Gasteiger charge is -2.23. The Balaban J connectivity index is 1.77. The zero-order valence-corrected chi connectivity index (χ0v) is 17.1. The molecule has 0 saturated carbocycles. The molecule has 2 aromatic rings. The second-order valence-corrected chi connectivity index (χ2v) is 7.11. The number of carbonyl (C=O) groups excluding carboxylic acids is 3. The van der Waals surface area contributed by atoms with Gasteiger partial charge in [-0.05, 0) is 48.6 Å². The van der Waals surface area contributed by atoms with Crippen molar-refractivity contribution >= 4 is 46.4 Å². The molecule has 1 saturated heterocycles. The number of benzene rings is 2. The highest BCUT2D eigenvalue weighted by Gasteiger charge is 2.43. The quantitative estimate of drug-likeness (QED) is 0.662. The maximum atomic E-state index is 13.1. The van der Waals surface area contributed by atoms with Gasteiger partial charge in [0.1, 0.15) is 11.9 Å². The SMILES string of the molecule is CC(=O)NCCN1C(=S)N(c2ccccc2)C(=O)[C@H]1CC(=O)Nc1ccc(F)cc1. The minimum absolute atomic E-state index is 0.139. The van der Waals surface area contributed by atoms with E-state index in [0.717, 1.165) is 0 Å². The van der Waals surface area contributed by atoms with Gasteiger partial charge in [-0.3, -0.25) is 19.3 Å². The van der Waals surface area contributed by atoms with Crippen molar-refractivity contribution in [2.75, 3.05) is 23.3 Å². The van der Waals surface area contributed by atoms with E-state index in [2.05, 4.69) is 10.6 Å². The van der Waals surface area contributed by atoms with Crippen LogP contribution in [0.4, 0.5) is 15.8 Å². The zero-order chi connectivity index (χ0) is 21.7. The first-order valence-electron chi connectivity index (χ1n) is 9.36. The number of hydrogen-bond donors (Lipinski definition) is 2. The number of para-hydroxylation sites is 1. The number of nitrogens with zero attached hydrogens (tertiary/aromatic N) is 2. The monoisotopic (exact) mass is 428 g/mol. The number of halogens is 1. The van der Waals surface area contributed by atoms with Crippen molar-refractivity contribution in [2.24, 2.45) is 0 Å². The van der Waals surface area contributed by atoms with Crippen LogP contribution >= 0.6 is 12.2 Å². The zero-order valence-electron chi connectivity index (χ0n) is 16.3. The van der Waals surface area contributed by atoms with Crippen molar-refractivity contribution in [3.05, 3.63) is 60.4 Å². The fraction of sp³-hybridized carbons (Fsp3) is 0.238. The van der Waals surface area contributed by atoms with Crippen LogP contribution in [0.2, 0.25) is 0 Å². The number of thiocarbonyl (C=S) groups is 1. The standard InChI is InChI=1S/C21H21FN4O3S/c1-14(27)23-11-12-25-18(13-19(28)24-16-9-7-15(22)8-10-16)20(29)26(21(25)30)17-5-3-2-4-6-17/h2-10,18H,11-13H2,1H3,(H,23,27)(H,24,28)/t18-/m1/s1. The number of carbonyl (C=O) groups is 3. The molecule has 0 unspecified atom stereocenters. The van der Waals surface area contributed by atoms with Gasteiger partial charge >= 0.3 is 0 Å². The Hall–Kier alpha value is -3.33. The Bertz CT molecular complexity index is 952. The number of nitrogens with one attached hydrogen (secondary N) is 2. The first-order valence-corrected chi connectivity index (χ1v) is 9.77.